The minimum Gasteiger partial charge on any atom is -0.374 e. The molecule has 374 valence electrons. The van der Waals surface area contributed by atoms with Crippen LogP contribution < -0.4 is 0 Å². The zero-order chi connectivity index (χ0) is 49.0. The molecule has 9 rings (SSSR count). The Balaban J connectivity index is 1.04. The summed E-state index contributed by atoms with van der Waals surface area (Å²) in [5.41, 5.74) is 6.80. The number of aliphatic hydroxyl groups is 1. The Morgan fingerprint density at radius 2 is 0.556 bits per heavy atom. The normalized spacial score (nSPS) is 24.2. The van der Waals surface area contributed by atoms with Gasteiger partial charge in [0.25, 0.3) is 0 Å². The van der Waals surface area contributed by atoms with Crippen molar-refractivity contribution in [3.05, 3.63) is 251 Å². The van der Waals surface area contributed by atoms with E-state index in [0.717, 1.165) is 38.9 Å². The summed E-state index contributed by atoms with van der Waals surface area (Å²) in [5.74, 6) is 0. The van der Waals surface area contributed by atoms with E-state index in [4.69, 9.17) is 47.4 Å². The first-order chi connectivity index (χ1) is 35.6. The molecule has 0 spiro atoms. The fourth-order valence-corrected chi connectivity index (χ4v) is 8.97. The van der Waals surface area contributed by atoms with E-state index in [1.807, 2.05) is 212 Å². The Labute approximate surface area is 423 Å². The lowest BCUT2D eigenvalue weighted by atomic mass is 9.97. The Bertz CT molecular complexity index is 2550. The van der Waals surface area contributed by atoms with Gasteiger partial charge in [0.05, 0.1) is 59.5 Å². The van der Waals surface area contributed by atoms with Gasteiger partial charge in [0.2, 0.25) is 0 Å². The maximum Gasteiger partial charge on any atom is 0.187 e. The molecule has 2 aliphatic heterocycles. The number of hydrogen-bond acceptors (Lipinski definition) is 11. The van der Waals surface area contributed by atoms with E-state index in [1.54, 1.807) is 0 Å². The van der Waals surface area contributed by atoms with Crippen LogP contribution in [0.15, 0.2) is 212 Å². The molecule has 1 N–H and O–H groups in total. The van der Waals surface area contributed by atoms with Crippen LogP contribution in [0.2, 0.25) is 0 Å². The van der Waals surface area contributed by atoms with Crippen LogP contribution in [0, 0.1) is 0 Å². The molecular formula is C61H64O11. The van der Waals surface area contributed by atoms with Crippen LogP contribution in [-0.4, -0.2) is 79.7 Å². The van der Waals surface area contributed by atoms with Gasteiger partial charge in [-0.2, -0.15) is 0 Å². The predicted octanol–water partition coefficient (Wildman–Crippen LogP) is 10.2. The van der Waals surface area contributed by atoms with E-state index >= 15 is 0 Å². The largest absolute Gasteiger partial charge is 0.374 e. The third-order valence-electron chi connectivity index (χ3n) is 12.7. The van der Waals surface area contributed by atoms with Crippen molar-refractivity contribution in [2.75, 3.05) is 13.2 Å². The van der Waals surface area contributed by atoms with Gasteiger partial charge in [0.15, 0.2) is 12.6 Å². The third kappa shape index (κ3) is 14.8. The average molecular weight is 973 g/mol. The molecular weight excluding hydrogens is 909 g/mol. The van der Waals surface area contributed by atoms with Gasteiger partial charge in [0.1, 0.15) is 48.8 Å². The second-order valence-corrected chi connectivity index (χ2v) is 18.0. The molecule has 2 heterocycles. The maximum atomic E-state index is 12.0. The highest BCUT2D eigenvalue weighted by molar-refractivity contribution is 5.19. The zero-order valence-corrected chi connectivity index (χ0v) is 40.4. The first-order valence-electron chi connectivity index (χ1n) is 24.8. The second kappa shape index (κ2) is 27.2. The molecule has 7 aromatic rings. The lowest BCUT2D eigenvalue weighted by Gasteiger charge is -2.47. The van der Waals surface area contributed by atoms with Gasteiger partial charge in [-0.05, 0) is 38.9 Å². The Morgan fingerprint density at radius 1 is 0.278 bits per heavy atom. The average Bonchev–Trinajstić information content (AvgIpc) is 3.44. The summed E-state index contributed by atoms with van der Waals surface area (Å²) >= 11 is 0. The van der Waals surface area contributed by atoms with Crippen molar-refractivity contribution in [1.82, 2.24) is 0 Å². The van der Waals surface area contributed by atoms with Crippen LogP contribution >= 0.6 is 0 Å². The van der Waals surface area contributed by atoms with Gasteiger partial charge in [-0.25, -0.2) is 0 Å². The highest BCUT2D eigenvalue weighted by Crippen LogP contribution is 2.34. The van der Waals surface area contributed by atoms with Crippen molar-refractivity contribution < 1.29 is 52.5 Å². The monoisotopic (exact) mass is 972 g/mol. The molecule has 10 atom stereocenters. The number of rotatable bonds is 25. The Morgan fingerprint density at radius 3 is 0.917 bits per heavy atom. The lowest BCUT2D eigenvalue weighted by molar-refractivity contribution is -0.349. The number of ether oxygens (including phenoxy) is 10. The predicted molar refractivity (Wildman–Crippen MR) is 272 cm³/mol. The summed E-state index contributed by atoms with van der Waals surface area (Å²) in [4.78, 5) is 0. The van der Waals surface area contributed by atoms with Crippen LogP contribution in [0.5, 0.6) is 0 Å². The van der Waals surface area contributed by atoms with Crippen LogP contribution in [0.4, 0.5) is 0 Å². The Hall–Kier alpha value is -5.90. The molecule has 0 aliphatic carbocycles. The van der Waals surface area contributed by atoms with Gasteiger partial charge in [-0.3, -0.25) is 0 Å². The fraction of sp³-hybridized carbons (Fsp3) is 0.311. The Kier molecular flexibility index (Phi) is 19.3. The molecule has 0 saturated carbocycles. The summed E-state index contributed by atoms with van der Waals surface area (Å²) in [6, 6.07) is 69.7. The van der Waals surface area contributed by atoms with Gasteiger partial charge < -0.3 is 52.5 Å². The zero-order valence-electron chi connectivity index (χ0n) is 40.4. The number of benzene rings is 7. The molecule has 0 bridgehead atoms. The summed E-state index contributed by atoms with van der Waals surface area (Å²) in [6.45, 7) is 1.89. The first-order valence-corrected chi connectivity index (χ1v) is 24.8. The SMILES string of the molecule is O[C@H]1O[C@H](CO[C@H]2O[C@H](COCc3ccccc3)[C@H](OCc3ccccc3)[C@H](OCc3ccccc3)[C@H]2OCc2ccccc2)[C@H](OCc2ccccc2)[C@H](OCc2ccccc2)[C@H]1OCc1ccccc1. The molecule has 2 fully saturated rings. The minimum atomic E-state index is -1.41. The summed E-state index contributed by atoms with van der Waals surface area (Å²) < 4.78 is 67.9. The van der Waals surface area contributed by atoms with Crippen molar-refractivity contribution in [2.24, 2.45) is 0 Å². The molecule has 0 unspecified atom stereocenters. The summed E-state index contributed by atoms with van der Waals surface area (Å²) in [6.07, 6.45) is -8.74. The molecule has 2 aliphatic rings. The molecule has 11 heteroatoms. The van der Waals surface area contributed by atoms with Gasteiger partial charge >= 0.3 is 0 Å². The molecule has 0 amide bonds. The number of hydrogen-bond donors (Lipinski definition) is 1. The van der Waals surface area contributed by atoms with Crippen molar-refractivity contribution in [2.45, 2.75) is 108 Å². The maximum absolute atomic E-state index is 12.0. The lowest BCUT2D eigenvalue weighted by Crippen LogP contribution is -2.63. The quantitative estimate of drug-likeness (QED) is 0.0591. The minimum absolute atomic E-state index is 0.0957. The topological polar surface area (TPSA) is 113 Å². The van der Waals surface area contributed by atoms with E-state index in [1.165, 1.54) is 0 Å². The van der Waals surface area contributed by atoms with Crippen molar-refractivity contribution in [3.63, 3.8) is 0 Å². The van der Waals surface area contributed by atoms with Crippen LogP contribution in [-0.2, 0) is 93.6 Å². The summed E-state index contributed by atoms with van der Waals surface area (Å²) in [7, 11) is 0. The van der Waals surface area contributed by atoms with Gasteiger partial charge in [-0.15, -0.1) is 0 Å². The summed E-state index contributed by atoms with van der Waals surface area (Å²) in [5, 5.41) is 12.0. The highest BCUT2D eigenvalue weighted by atomic mass is 16.7. The first kappa shape index (κ1) is 51.0. The molecule has 0 radical (unpaired) electrons. The molecule has 2 saturated heterocycles. The smallest absolute Gasteiger partial charge is 0.187 e. The highest BCUT2D eigenvalue weighted by Gasteiger charge is 2.52. The van der Waals surface area contributed by atoms with E-state index in [-0.39, 0.29) is 52.9 Å². The third-order valence-corrected chi connectivity index (χ3v) is 12.7. The van der Waals surface area contributed by atoms with Gasteiger partial charge in [0, 0.05) is 0 Å². The van der Waals surface area contributed by atoms with Crippen molar-refractivity contribution in [1.29, 1.82) is 0 Å². The van der Waals surface area contributed by atoms with E-state index in [9.17, 15) is 5.11 Å². The van der Waals surface area contributed by atoms with Crippen LogP contribution in [0.1, 0.15) is 38.9 Å². The van der Waals surface area contributed by atoms with Crippen molar-refractivity contribution in [3.8, 4) is 0 Å². The standard InChI is InChI=1S/C61H64O11/c62-60-58(68-41-50-32-18-6-19-33-50)56(66-39-48-28-14-4-15-29-48)55(65-38-47-26-12-3-13-27-47)53(71-60)44-70-61-59(69-42-51-34-20-7-21-35-51)57(67-40-49-30-16-5-17-31-49)54(64-37-46-24-10-2-11-25-46)52(72-61)43-63-36-45-22-8-1-9-23-45/h1-35,52-62H,36-44H2/t52-,53-,54+,55+,56+,57+,58-,59-,60+,61+/m1/s1. The second-order valence-electron chi connectivity index (χ2n) is 18.0. The van der Waals surface area contributed by atoms with Crippen molar-refractivity contribution >= 4 is 0 Å². The molecule has 11 nitrogen and oxygen atoms in total. The van der Waals surface area contributed by atoms with Crippen LogP contribution in [0.3, 0.4) is 0 Å². The number of aliphatic hydroxyl groups excluding tert-OH is 1. The van der Waals surface area contributed by atoms with E-state index in [2.05, 4.69) is 0 Å². The van der Waals surface area contributed by atoms with Gasteiger partial charge in [-0.1, -0.05) is 212 Å². The molecule has 7 aromatic carbocycles. The molecule has 0 aromatic heterocycles. The molecule has 72 heavy (non-hydrogen) atoms. The fourth-order valence-electron chi connectivity index (χ4n) is 8.97. The van der Waals surface area contributed by atoms with E-state index in [0.29, 0.717) is 6.61 Å². The van der Waals surface area contributed by atoms with E-state index < -0.39 is 61.4 Å². The van der Waals surface area contributed by atoms with Crippen LogP contribution in [0.25, 0.3) is 0 Å².